The molecule has 1 saturated heterocycles. The molecule has 0 saturated carbocycles. The number of β-amino-alcohol motifs (C(OH)–C–C–N with tert-alkyl or cyclic N) is 1. The molecular formula is C19H16F2N2O2. The van der Waals surface area contributed by atoms with Gasteiger partial charge in [-0.05, 0) is 41.8 Å². The summed E-state index contributed by atoms with van der Waals surface area (Å²) in [5.41, 5.74) is 1.71. The highest BCUT2D eigenvalue weighted by atomic mass is 19.2. The first kappa shape index (κ1) is 17.1. The van der Waals surface area contributed by atoms with E-state index in [0.29, 0.717) is 11.1 Å². The quantitative estimate of drug-likeness (QED) is 0.933. The third kappa shape index (κ3) is 3.67. The first-order valence-electron chi connectivity index (χ1n) is 7.89. The Kier molecular flexibility index (Phi) is 4.77. The number of aliphatic hydroxyl groups is 1. The first-order chi connectivity index (χ1) is 12.0. The van der Waals surface area contributed by atoms with Gasteiger partial charge in [-0.1, -0.05) is 18.2 Å². The molecule has 2 aromatic rings. The highest BCUT2D eigenvalue weighted by Crippen LogP contribution is 2.33. The van der Waals surface area contributed by atoms with Gasteiger partial charge in [0.1, 0.15) is 0 Å². The lowest BCUT2D eigenvalue weighted by atomic mass is 10.0. The maximum atomic E-state index is 13.5. The summed E-state index contributed by atoms with van der Waals surface area (Å²) in [7, 11) is 0. The van der Waals surface area contributed by atoms with Crippen LogP contribution in [0.4, 0.5) is 8.78 Å². The van der Waals surface area contributed by atoms with Gasteiger partial charge in [-0.25, -0.2) is 8.78 Å². The van der Waals surface area contributed by atoms with Crippen molar-refractivity contribution >= 4 is 5.91 Å². The number of rotatable bonds is 3. The van der Waals surface area contributed by atoms with Crippen LogP contribution >= 0.6 is 0 Å². The fourth-order valence-electron chi connectivity index (χ4n) is 3.10. The number of amides is 1. The maximum absolute atomic E-state index is 13.5. The van der Waals surface area contributed by atoms with E-state index in [1.807, 2.05) is 6.07 Å². The van der Waals surface area contributed by atoms with E-state index in [2.05, 4.69) is 0 Å². The average Bonchev–Trinajstić information content (AvgIpc) is 3.00. The molecule has 4 nitrogen and oxygen atoms in total. The zero-order chi connectivity index (χ0) is 18.0. The Morgan fingerprint density at radius 1 is 1.20 bits per heavy atom. The number of halogens is 2. The van der Waals surface area contributed by atoms with Crippen molar-refractivity contribution in [2.75, 3.05) is 6.54 Å². The molecule has 6 heteroatoms. The van der Waals surface area contributed by atoms with Crippen LogP contribution in [0, 0.1) is 23.0 Å². The van der Waals surface area contributed by atoms with E-state index in [4.69, 9.17) is 5.26 Å². The molecule has 2 atom stereocenters. The standard InChI is InChI=1S/C19H16F2N2O2/c20-16-6-5-14(8-17(16)21)18-9-15(24)11-23(18)19(25)7-12-1-3-13(10-22)4-2-12/h1-6,8,15,18,24H,7,9,11H2/t15-,18+/m1/s1. The number of aliphatic hydroxyl groups excluding tert-OH is 1. The monoisotopic (exact) mass is 342 g/mol. The Morgan fingerprint density at radius 2 is 1.92 bits per heavy atom. The predicted molar refractivity (Wildman–Crippen MR) is 86.3 cm³/mol. The Bertz CT molecular complexity index is 830. The molecule has 3 rings (SSSR count). The van der Waals surface area contributed by atoms with Gasteiger partial charge in [0.25, 0.3) is 0 Å². The lowest BCUT2D eigenvalue weighted by molar-refractivity contribution is -0.131. The van der Waals surface area contributed by atoms with Crippen LogP contribution in [0.2, 0.25) is 0 Å². The molecule has 0 aromatic heterocycles. The molecule has 0 radical (unpaired) electrons. The van der Waals surface area contributed by atoms with Gasteiger partial charge in [0.2, 0.25) is 5.91 Å². The lowest BCUT2D eigenvalue weighted by Gasteiger charge is -2.25. The van der Waals surface area contributed by atoms with E-state index in [0.717, 1.165) is 17.7 Å². The van der Waals surface area contributed by atoms with Gasteiger partial charge in [0.05, 0.1) is 30.2 Å². The summed E-state index contributed by atoms with van der Waals surface area (Å²) < 4.78 is 26.6. The third-order valence-electron chi connectivity index (χ3n) is 4.37. The van der Waals surface area contributed by atoms with Gasteiger partial charge in [0.15, 0.2) is 11.6 Å². The zero-order valence-corrected chi connectivity index (χ0v) is 13.3. The van der Waals surface area contributed by atoms with Crippen molar-refractivity contribution in [1.29, 1.82) is 5.26 Å². The van der Waals surface area contributed by atoms with Crippen LogP contribution in [0.3, 0.4) is 0 Å². The molecule has 0 bridgehead atoms. The molecule has 0 aliphatic carbocycles. The fraction of sp³-hybridized carbons (Fsp3) is 0.263. The number of nitriles is 1. The SMILES string of the molecule is N#Cc1ccc(CC(=O)N2C[C@H](O)C[C@H]2c2ccc(F)c(F)c2)cc1. The summed E-state index contributed by atoms with van der Waals surface area (Å²) in [6, 6.07) is 11.7. The molecule has 1 aliphatic heterocycles. The second-order valence-electron chi connectivity index (χ2n) is 6.11. The minimum absolute atomic E-state index is 0.110. The summed E-state index contributed by atoms with van der Waals surface area (Å²) in [6.45, 7) is 0.152. The summed E-state index contributed by atoms with van der Waals surface area (Å²) >= 11 is 0. The Balaban J connectivity index is 1.79. The van der Waals surface area contributed by atoms with Crippen molar-refractivity contribution < 1.29 is 18.7 Å². The Labute approximate surface area is 143 Å². The molecule has 1 fully saturated rings. The van der Waals surface area contributed by atoms with Crippen molar-refractivity contribution in [1.82, 2.24) is 4.90 Å². The molecular weight excluding hydrogens is 326 g/mol. The minimum Gasteiger partial charge on any atom is -0.391 e. The molecule has 1 N–H and O–H groups in total. The van der Waals surface area contributed by atoms with Crippen molar-refractivity contribution in [3.05, 3.63) is 70.8 Å². The summed E-state index contributed by atoms with van der Waals surface area (Å²) in [5, 5.41) is 18.7. The molecule has 1 heterocycles. The molecule has 0 spiro atoms. The molecule has 128 valence electrons. The van der Waals surface area contributed by atoms with Crippen LogP contribution in [0.5, 0.6) is 0 Å². The lowest BCUT2D eigenvalue weighted by Crippen LogP contribution is -2.33. The number of hydrogen-bond acceptors (Lipinski definition) is 3. The van der Waals surface area contributed by atoms with Gasteiger partial charge >= 0.3 is 0 Å². The van der Waals surface area contributed by atoms with E-state index in [1.165, 1.54) is 11.0 Å². The second-order valence-corrected chi connectivity index (χ2v) is 6.11. The molecule has 25 heavy (non-hydrogen) atoms. The summed E-state index contributed by atoms with van der Waals surface area (Å²) in [6.07, 6.45) is -0.314. The van der Waals surface area contributed by atoms with E-state index >= 15 is 0 Å². The first-order valence-corrected chi connectivity index (χ1v) is 7.89. The molecule has 0 unspecified atom stereocenters. The van der Waals surface area contributed by atoms with E-state index in [9.17, 15) is 18.7 Å². The number of nitrogens with zero attached hydrogens (tertiary/aromatic N) is 2. The van der Waals surface area contributed by atoms with Crippen molar-refractivity contribution in [2.45, 2.75) is 25.0 Å². The normalized spacial score (nSPS) is 19.7. The maximum Gasteiger partial charge on any atom is 0.227 e. The van der Waals surface area contributed by atoms with Crippen LogP contribution in [0.15, 0.2) is 42.5 Å². The largest absolute Gasteiger partial charge is 0.391 e. The Morgan fingerprint density at radius 3 is 2.56 bits per heavy atom. The topological polar surface area (TPSA) is 64.3 Å². The average molecular weight is 342 g/mol. The second kappa shape index (κ2) is 6.99. The minimum atomic E-state index is -0.974. The number of carbonyl (C=O) groups excluding carboxylic acids is 1. The van der Waals surface area contributed by atoms with Crippen LogP contribution in [-0.2, 0) is 11.2 Å². The summed E-state index contributed by atoms with van der Waals surface area (Å²) in [5.74, 6) is -2.13. The number of likely N-dealkylation sites (tertiary alicyclic amines) is 1. The predicted octanol–water partition coefficient (Wildman–Crippen LogP) is 2.71. The molecule has 1 aliphatic rings. The van der Waals surface area contributed by atoms with Crippen molar-refractivity contribution in [3.8, 4) is 6.07 Å². The Hall–Kier alpha value is -2.78. The highest BCUT2D eigenvalue weighted by Gasteiger charge is 2.35. The van der Waals surface area contributed by atoms with Crippen LogP contribution in [-0.4, -0.2) is 28.6 Å². The van der Waals surface area contributed by atoms with Crippen molar-refractivity contribution in [2.24, 2.45) is 0 Å². The van der Waals surface area contributed by atoms with Gasteiger partial charge < -0.3 is 10.0 Å². The highest BCUT2D eigenvalue weighted by molar-refractivity contribution is 5.79. The number of benzene rings is 2. The van der Waals surface area contributed by atoms with Gasteiger partial charge in [-0.3, -0.25) is 4.79 Å². The third-order valence-corrected chi connectivity index (χ3v) is 4.37. The van der Waals surface area contributed by atoms with Crippen LogP contribution in [0.25, 0.3) is 0 Å². The molecule has 2 aromatic carbocycles. The van der Waals surface area contributed by atoms with Crippen LogP contribution in [0.1, 0.15) is 29.2 Å². The smallest absolute Gasteiger partial charge is 0.227 e. The van der Waals surface area contributed by atoms with Gasteiger partial charge in [-0.15, -0.1) is 0 Å². The number of carbonyl (C=O) groups is 1. The van der Waals surface area contributed by atoms with Gasteiger partial charge in [-0.2, -0.15) is 5.26 Å². The van der Waals surface area contributed by atoms with E-state index < -0.39 is 23.8 Å². The van der Waals surface area contributed by atoms with E-state index in [-0.39, 0.29) is 25.3 Å². The summed E-state index contributed by atoms with van der Waals surface area (Å²) in [4.78, 5) is 14.1. The number of hydrogen-bond donors (Lipinski definition) is 1. The van der Waals surface area contributed by atoms with Crippen molar-refractivity contribution in [3.63, 3.8) is 0 Å². The molecule has 1 amide bonds. The fourth-order valence-corrected chi connectivity index (χ4v) is 3.10. The zero-order valence-electron chi connectivity index (χ0n) is 13.3. The van der Waals surface area contributed by atoms with E-state index in [1.54, 1.807) is 24.3 Å². The van der Waals surface area contributed by atoms with Crippen LogP contribution < -0.4 is 0 Å². The van der Waals surface area contributed by atoms with Gasteiger partial charge in [0, 0.05) is 6.54 Å².